The second-order valence-electron chi connectivity index (χ2n) is 7.70. The van der Waals surface area contributed by atoms with Crippen molar-refractivity contribution in [3.63, 3.8) is 0 Å². The quantitative estimate of drug-likeness (QED) is 0.269. The third kappa shape index (κ3) is 5.12. The molecule has 0 radical (unpaired) electrons. The van der Waals surface area contributed by atoms with E-state index in [4.69, 9.17) is 4.99 Å². The van der Waals surface area contributed by atoms with Gasteiger partial charge in [0.05, 0.1) is 21.6 Å². The van der Waals surface area contributed by atoms with Crippen molar-refractivity contribution in [3.05, 3.63) is 41.1 Å². The maximum absolute atomic E-state index is 11.8. The number of thiophene rings is 1. The van der Waals surface area contributed by atoms with E-state index in [1.165, 1.54) is 17.0 Å². The van der Waals surface area contributed by atoms with Crippen LogP contribution in [0.15, 0.2) is 41.2 Å². The Morgan fingerprint density at radius 2 is 2.28 bits per heavy atom. The fraction of sp³-hybridized carbons (Fsp3) is 0.435. The highest BCUT2D eigenvalue weighted by atomic mass is 32.1. The van der Waals surface area contributed by atoms with Gasteiger partial charge in [0.15, 0.2) is 6.29 Å². The third-order valence-electron chi connectivity index (χ3n) is 5.02. The summed E-state index contributed by atoms with van der Waals surface area (Å²) >= 11 is 1.40. The first kappa shape index (κ1) is 21.2. The van der Waals surface area contributed by atoms with Crippen LogP contribution in [-0.2, 0) is 0 Å². The molecule has 0 aliphatic heterocycles. The predicted molar refractivity (Wildman–Crippen MR) is 125 cm³/mol. The van der Waals surface area contributed by atoms with Crippen LogP contribution in [0.4, 0.5) is 11.4 Å². The van der Waals surface area contributed by atoms with Crippen LogP contribution < -0.4 is 10.2 Å². The Morgan fingerprint density at radius 1 is 1.45 bits per heavy atom. The van der Waals surface area contributed by atoms with Crippen LogP contribution in [0.5, 0.6) is 0 Å². The van der Waals surface area contributed by atoms with E-state index in [0.717, 1.165) is 65.8 Å². The molecule has 1 N–H and O–H groups in total. The SMILES string of the molecule is CCCCC(=Nc1c(C=O)sc2nccc(N(C)C)c12)NC1=CCC(C)C=CC1. The Kier molecular flexibility index (Phi) is 7.20. The topological polar surface area (TPSA) is 57.6 Å². The van der Waals surface area contributed by atoms with Crippen molar-refractivity contribution < 1.29 is 4.79 Å². The smallest absolute Gasteiger partial charge is 0.162 e. The molecule has 0 fully saturated rings. The zero-order valence-corrected chi connectivity index (χ0v) is 18.6. The number of allylic oxidation sites excluding steroid dienone is 3. The molecule has 2 heterocycles. The Hall–Kier alpha value is -2.47. The van der Waals surface area contributed by atoms with E-state index in [2.05, 4.69) is 42.4 Å². The summed E-state index contributed by atoms with van der Waals surface area (Å²) < 4.78 is 0. The maximum Gasteiger partial charge on any atom is 0.162 e. The van der Waals surface area contributed by atoms with Crippen molar-refractivity contribution in [2.75, 3.05) is 19.0 Å². The number of carbonyl (C=O) groups is 1. The molecule has 1 aliphatic carbocycles. The number of nitrogens with zero attached hydrogens (tertiary/aromatic N) is 3. The van der Waals surface area contributed by atoms with Crippen molar-refractivity contribution >= 4 is 45.0 Å². The van der Waals surface area contributed by atoms with Crippen LogP contribution in [0.1, 0.15) is 55.6 Å². The van der Waals surface area contributed by atoms with Gasteiger partial charge in [0.2, 0.25) is 0 Å². The van der Waals surface area contributed by atoms with Gasteiger partial charge in [-0.25, -0.2) is 9.98 Å². The second kappa shape index (κ2) is 9.83. The van der Waals surface area contributed by atoms with Crippen LogP contribution >= 0.6 is 11.3 Å². The lowest BCUT2D eigenvalue weighted by atomic mass is 10.1. The van der Waals surface area contributed by atoms with Crippen LogP contribution in [0.3, 0.4) is 0 Å². The van der Waals surface area contributed by atoms with Crippen LogP contribution in [0.2, 0.25) is 0 Å². The molecule has 0 bridgehead atoms. The van der Waals surface area contributed by atoms with Gasteiger partial charge in [-0.1, -0.05) is 38.5 Å². The molecule has 0 saturated heterocycles. The minimum absolute atomic E-state index is 0.557. The predicted octanol–water partition coefficient (Wildman–Crippen LogP) is 5.85. The highest BCUT2D eigenvalue weighted by Crippen LogP contribution is 2.41. The number of unbranched alkanes of at least 4 members (excludes halogenated alkanes) is 1. The summed E-state index contributed by atoms with van der Waals surface area (Å²) in [6.45, 7) is 4.41. The van der Waals surface area contributed by atoms with E-state index in [-0.39, 0.29) is 0 Å². The zero-order valence-electron chi connectivity index (χ0n) is 17.7. The zero-order chi connectivity index (χ0) is 20.8. The molecule has 29 heavy (non-hydrogen) atoms. The van der Waals surface area contributed by atoms with Gasteiger partial charge in [-0.05, 0) is 24.8 Å². The van der Waals surface area contributed by atoms with E-state index in [1.807, 2.05) is 25.1 Å². The molecule has 1 unspecified atom stereocenters. The van der Waals surface area contributed by atoms with Gasteiger partial charge in [-0.2, -0.15) is 0 Å². The standard InChI is InChI=1S/C23H30N4OS/c1-5-6-10-20(25-17-9-7-8-16(2)11-12-17)26-22-19(15-28)29-23-21(22)18(27(3)4)13-14-24-23/h7-8,12-16H,5-6,9-11H2,1-4H3,(H,25,26). The molecular weight excluding hydrogens is 380 g/mol. The van der Waals surface area contributed by atoms with E-state index >= 15 is 0 Å². The lowest BCUT2D eigenvalue weighted by molar-refractivity contribution is 0.112. The van der Waals surface area contributed by atoms with Crippen molar-refractivity contribution in [1.82, 2.24) is 10.3 Å². The van der Waals surface area contributed by atoms with E-state index in [9.17, 15) is 4.79 Å². The molecule has 2 aromatic rings. The first-order valence-electron chi connectivity index (χ1n) is 10.3. The largest absolute Gasteiger partial charge is 0.377 e. The van der Waals surface area contributed by atoms with Gasteiger partial charge < -0.3 is 10.2 Å². The maximum atomic E-state index is 11.8. The molecule has 6 heteroatoms. The lowest BCUT2D eigenvalue weighted by Crippen LogP contribution is -2.22. The van der Waals surface area contributed by atoms with Crippen molar-refractivity contribution in [1.29, 1.82) is 0 Å². The molecule has 0 spiro atoms. The second-order valence-corrected chi connectivity index (χ2v) is 8.73. The minimum Gasteiger partial charge on any atom is -0.377 e. The molecule has 154 valence electrons. The van der Waals surface area contributed by atoms with Gasteiger partial charge in [0.25, 0.3) is 0 Å². The lowest BCUT2D eigenvalue weighted by Gasteiger charge is -2.15. The molecule has 0 aromatic carbocycles. The highest BCUT2D eigenvalue weighted by Gasteiger charge is 2.18. The number of hydrogen-bond acceptors (Lipinski definition) is 5. The molecule has 2 aromatic heterocycles. The summed E-state index contributed by atoms with van der Waals surface area (Å²) in [6.07, 6.45) is 14.3. The summed E-state index contributed by atoms with van der Waals surface area (Å²) in [4.78, 5) is 24.8. The van der Waals surface area contributed by atoms with Crippen molar-refractivity contribution in [2.45, 2.75) is 46.0 Å². The average Bonchev–Trinajstić information content (AvgIpc) is 2.94. The average molecular weight is 411 g/mol. The third-order valence-corrected chi connectivity index (χ3v) is 6.03. The summed E-state index contributed by atoms with van der Waals surface area (Å²) in [5.74, 6) is 1.47. The number of carbonyl (C=O) groups excluding carboxylic acids is 1. The molecule has 3 rings (SSSR count). The number of nitrogens with one attached hydrogen (secondary N) is 1. The fourth-order valence-corrected chi connectivity index (χ4v) is 4.32. The molecule has 5 nitrogen and oxygen atoms in total. The van der Waals surface area contributed by atoms with Gasteiger partial charge in [0.1, 0.15) is 10.7 Å². The number of pyridine rings is 1. The van der Waals surface area contributed by atoms with E-state index < -0.39 is 0 Å². The fourth-order valence-electron chi connectivity index (χ4n) is 3.40. The number of anilines is 1. The minimum atomic E-state index is 0.557. The molecule has 0 amide bonds. The summed E-state index contributed by atoms with van der Waals surface area (Å²) in [5, 5.41) is 4.52. The number of rotatable bonds is 7. The number of amidine groups is 1. The summed E-state index contributed by atoms with van der Waals surface area (Å²) in [6, 6.07) is 1.97. The Balaban J connectivity index is 2.06. The van der Waals surface area contributed by atoms with Gasteiger partial charge in [0, 0.05) is 38.8 Å². The first-order chi connectivity index (χ1) is 14.0. The normalized spacial score (nSPS) is 17.2. The number of aromatic nitrogens is 1. The van der Waals surface area contributed by atoms with Gasteiger partial charge in [-0.3, -0.25) is 4.79 Å². The number of fused-ring (bicyclic) bond motifs is 1. The number of aldehydes is 1. The molecule has 0 saturated carbocycles. The molecule has 1 aliphatic rings. The highest BCUT2D eigenvalue weighted by molar-refractivity contribution is 7.21. The summed E-state index contributed by atoms with van der Waals surface area (Å²) in [7, 11) is 4.00. The number of aliphatic imine (C=N–C) groups is 1. The Labute approximate surface area is 177 Å². The van der Waals surface area contributed by atoms with Crippen molar-refractivity contribution in [2.24, 2.45) is 10.9 Å². The van der Waals surface area contributed by atoms with Gasteiger partial charge in [-0.15, -0.1) is 11.3 Å². The molecular formula is C23H30N4OS. The van der Waals surface area contributed by atoms with E-state index in [1.54, 1.807) is 6.20 Å². The first-order valence-corrected chi connectivity index (χ1v) is 11.1. The van der Waals surface area contributed by atoms with Crippen LogP contribution in [0, 0.1) is 5.92 Å². The Morgan fingerprint density at radius 3 is 3.00 bits per heavy atom. The number of hydrogen-bond donors (Lipinski definition) is 1. The van der Waals surface area contributed by atoms with E-state index in [0.29, 0.717) is 10.8 Å². The van der Waals surface area contributed by atoms with Crippen LogP contribution in [0.25, 0.3) is 10.2 Å². The monoisotopic (exact) mass is 410 g/mol. The Bertz CT molecular complexity index is 955. The summed E-state index contributed by atoms with van der Waals surface area (Å²) in [5.41, 5.74) is 2.94. The van der Waals surface area contributed by atoms with Crippen LogP contribution in [-0.4, -0.2) is 31.2 Å². The van der Waals surface area contributed by atoms with Gasteiger partial charge >= 0.3 is 0 Å². The molecule has 1 atom stereocenters. The van der Waals surface area contributed by atoms with Crippen molar-refractivity contribution in [3.8, 4) is 0 Å².